The molecule has 2 unspecified atom stereocenters. The Morgan fingerprint density at radius 1 is 1.50 bits per heavy atom. The lowest BCUT2D eigenvalue weighted by atomic mass is 9.86. The van der Waals surface area contributed by atoms with Crippen LogP contribution in [0.15, 0.2) is 12.3 Å². The maximum atomic E-state index is 6.05. The second-order valence-corrected chi connectivity index (χ2v) is 5.78. The number of halogens is 1. The molecule has 1 aliphatic carbocycles. The number of hydrogen-bond donors (Lipinski definition) is 1. The first-order valence-electron chi connectivity index (χ1n) is 6.69. The van der Waals surface area contributed by atoms with Gasteiger partial charge < -0.3 is 10.6 Å². The zero-order valence-corrected chi connectivity index (χ0v) is 12.0. The topological polar surface area (TPSA) is 42.1 Å². The highest BCUT2D eigenvalue weighted by Gasteiger charge is 2.23. The number of pyridine rings is 1. The summed E-state index contributed by atoms with van der Waals surface area (Å²) in [5.74, 6) is 1.80. The second kappa shape index (κ2) is 5.89. The Hall–Kier alpha value is -0.800. The highest BCUT2D eigenvalue weighted by Crippen LogP contribution is 2.29. The normalized spacial score (nSPS) is 24.0. The van der Waals surface area contributed by atoms with Crippen LogP contribution in [-0.4, -0.2) is 18.1 Å². The third-order valence-electron chi connectivity index (χ3n) is 3.96. The van der Waals surface area contributed by atoms with E-state index in [0.29, 0.717) is 17.6 Å². The summed E-state index contributed by atoms with van der Waals surface area (Å²) in [6.45, 7) is 2.80. The van der Waals surface area contributed by atoms with Gasteiger partial charge in [0, 0.05) is 25.8 Å². The van der Waals surface area contributed by atoms with Crippen LogP contribution in [0.25, 0.3) is 0 Å². The van der Waals surface area contributed by atoms with Crippen LogP contribution in [0.1, 0.15) is 38.2 Å². The van der Waals surface area contributed by atoms with E-state index in [1.54, 1.807) is 6.20 Å². The lowest BCUT2D eigenvalue weighted by Crippen LogP contribution is -2.36. The molecule has 0 spiro atoms. The highest BCUT2D eigenvalue weighted by molar-refractivity contribution is 6.31. The predicted molar refractivity (Wildman–Crippen MR) is 77.0 cm³/mol. The second-order valence-electron chi connectivity index (χ2n) is 5.37. The SMILES string of the molecule is CC1CCCC(N(C)c2cc(CN)c(Cl)cn2)C1. The van der Waals surface area contributed by atoms with E-state index in [4.69, 9.17) is 17.3 Å². The summed E-state index contributed by atoms with van der Waals surface area (Å²) in [7, 11) is 2.12. The fourth-order valence-electron chi connectivity index (χ4n) is 2.76. The van der Waals surface area contributed by atoms with Crippen LogP contribution in [-0.2, 0) is 6.54 Å². The van der Waals surface area contributed by atoms with Gasteiger partial charge in [0.2, 0.25) is 0 Å². The molecule has 1 aromatic rings. The van der Waals surface area contributed by atoms with Crippen molar-refractivity contribution < 1.29 is 0 Å². The molecule has 0 aliphatic heterocycles. The summed E-state index contributed by atoms with van der Waals surface area (Å²) in [6, 6.07) is 2.61. The number of anilines is 1. The predicted octanol–water partition coefficient (Wildman–Crippen LogP) is 3.21. The summed E-state index contributed by atoms with van der Waals surface area (Å²) in [5.41, 5.74) is 6.66. The molecule has 1 aliphatic rings. The van der Waals surface area contributed by atoms with Gasteiger partial charge >= 0.3 is 0 Å². The Labute approximate surface area is 114 Å². The number of aromatic nitrogens is 1. The minimum absolute atomic E-state index is 0.462. The van der Waals surface area contributed by atoms with E-state index in [2.05, 4.69) is 23.9 Å². The molecule has 2 N–H and O–H groups in total. The molecule has 1 aromatic heterocycles. The first kappa shape index (κ1) is 13.6. The lowest BCUT2D eigenvalue weighted by Gasteiger charge is -2.35. The summed E-state index contributed by atoms with van der Waals surface area (Å²) < 4.78 is 0. The van der Waals surface area contributed by atoms with Crippen LogP contribution >= 0.6 is 11.6 Å². The van der Waals surface area contributed by atoms with Crippen LogP contribution in [0.3, 0.4) is 0 Å². The molecule has 2 atom stereocenters. The van der Waals surface area contributed by atoms with E-state index in [9.17, 15) is 0 Å². The number of rotatable bonds is 3. The molecule has 4 heteroatoms. The van der Waals surface area contributed by atoms with E-state index in [1.807, 2.05) is 6.07 Å². The van der Waals surface area contributed by atoms with Gasteiger partial charge in [-0.2, -0.15) is 0 Å². The molecule has 1 heterocycles. The molecular weight excluding hydrogens is 246 g/mol. The molecular formula is C14H22ClN3. The smallest absolute Gasteiger partial charge is 0.128 e. The van der Waals surface area contributed by atoms with Gasteiger partial charge in [-0.3, -0.25) is 0 Å². The molecule has 0 bridgehead atoms. The Kier molecular flexibility index (Phi) is 4.46. The fourth-order valence-corrected chi connectivity index (χ4v) is 2.94. The van der Waals surface area contributed by atoms with E-state index in [1.165, 1.54) is 25.7 Å². The highest BCUT2D eigenvalue weighted by atomic mass is 35.5. The molecule has 2 rings (SSSR count). The molecule has 0 saturated heterocycles. The number of nitrogens with zero attached hydrogens (tertiary/aromatic N) is 2. The summed E-state index contributed by atoms with van der Waals surface area (Å²) >= 11 is 6.05. The molecule has 18 heavy (non-hydrogen) atoms. The van der Waals surface area contributed by atoms with Crippen LogP contribution in [0.4, 0.5) is 5.82 Å². The molecule has 1 saturated carbocycles. The van der Waals surface area contributed by atoms with Crippen molar-refractivity contribution in [2.24, 2.45) is 11.7 Å². The maximum absolute atomic E-state index is 6.05. The van der Waals surface area contributed by atoms with Crippen molar-refractivity contribution in [3.05, 3.63) is 22.8 Å². The molecule has 1 fully saturated rings. The van der Waals surface area contributed by atoms with E-state index in [0.717, 1.165) is 17.3 Å². The van der Waals surface area contributed by atoms with Crippen molar-refractivity contribution in [2.45, 2.75) is 45.2 Å². The zero-order chi connectivity index (χ0) is 13.1. The minimum atomic E-state index is 0.462. The Morgan fingerprint density at radius 3 is 2.94 bits per heavy atom. The van der Waals surface area contributed by atoms with Gasteiger partial charge in [-0.05, 0) is 30.4 Å². The molecule has 0 aromatic carbocycles. The van der Waals surface area contributed by atoms with E-state index < -0.39 is 0 Å². The lowest BCUT2D eigenvalue weighted by molar-refractivity contribution is 0.335. The third kappa shape index (κ3) is 2.96. The first-order chi connectivity index (χ1) is 8.61. The van der Waals surface area contributed by atoms with Gasteiger partial charge in [0.05, 0.1) is 5.02 Å². The number of nitrogens with two attached hydrogens (primary N) is 1. The van der Waals surface area contributed by atoms with Crippen LogP contribution in [0, 0.1) is 5.92 Å². The Bertz CT molecular complexity index is 408. The number of hydrogen-bond acceptors (Lipinski definition) is 3. The monoisotopic (exact) mass is 267 g/mol. The average molecular weight is 268 g/mol. The van der Waals surface area contributed by atoms with Gasteiger partial charge in [-0.25, -0.2) is 4.98 Å². The van der Waals surface area contributed by atoms with Gasteiger partial charge in [-0.1, -0.05) is 31.4 Å². The van der Waals surface area contributed by atoms with Crippen LogP contribution < -0.4 is 10.6 Å². The largest absolute Gasteiger partial charge is 0.357 e. The van der Waals surface area contributed by atoms with E-state index >= 15 is 0 Å². The summed E-state index contributed by atoms with van der Waals surface area (Å²) in [4.78, 5) is 6.71. The maximum Gasteiger partial charge on any atom is 0.128 e. The third-order valence-corrected chi connectivity index (χ3v) is 4.30. The van der Waals surface area contributed by atoms with Crippen molar-refractivity contribution in [1.29, 1.82) is 0 Å². The molecule has 100 valence electrons. The van der Waals surface area contributed by atoms with Gasteiger partial charge in [-0.15, -0.1) is 0 Å². The zero-order valence-electron chi connectivity index (χ0n) is 11.2. The first-order valence-corrected chi connectivity index (χ1v) is 7.07. The van der Waals surface area contributed by atoms with Gasteiger partial charge in [0.25, 0.3) is 0 Å². The standard InChI is InChI=1S/C14H22ClN3/c1-10-4-3-5-12(6-10)18(2)14-7-11(8-16)13(15)9-17-14/h7,9-10,12H,3-6,8,16H2,1-2H3. The molecule has 3 nitrogen and oxygen atoms in total. The average Bonchev–Trinajstić information content (AvgIpc) is 2.38. The van der Waals surface area contributed by atoms with Crippen molar-refractivity contribution in [2.75, 3.05) is 11.9 Å². The molecule has 0 radical (unpaired) electrons. The molecule has 0 amide bonds. The Morgan fingerprint density at radius 2 is 2.28 bits per heavy atom. The Balaban J connectivity index is 2.14. The fraction of sp³-hybridized carbons (Fsp3) is 0.643. The minimum Gasteiger partial charge on any atom is -0.357 e. The van der Waals surface area contributed by atoms with E-state index in [-0.39, 0.29) is 0 Å². The van der Waals surface area contributed by atoms with Crippen LogP contribution in [0.5, 0.6) is 0 Å². The summed E-state index contributed by atoms with van der Waals surface area (Å²) in [6.07, 6.45) is 6.88. The van der Waals surface area contributed by atoms with Crippen molar-refractivity contribution in [3.8, 4) is 0 Å². The van der Waals surface area contributed by atoms with Gasteiger partial charge in [0.15, 0.2) is 0 Å². The quantitative estimate of drug-likeness (QED) is 0.914. The van der Waals surface area contributed by atoms with Crippen molar-refractivity contribution >= 4 is 17.4 Å². The van der Waals surface area contributed by atoms with Crippen LogP contribution in [0.2, 0.25) is 5.02 Å². The van der Waals surface area contributed by atoms with Gasteiger partial charge in [0.1, 0.15) is 5.82 Å². The van der Waals surface area contributed by atoms with Crippen molar-refractivity contribution in [1.82, 2.24) is 4.98 Å². The van der Waals surface area contributed by atoms with Crippen molar-refractivity contribution in [3.63, 3.8) is 0 Å². The summed E-state index contributed by atoms with van der Waals surface area (Å²) in [5, 5.41) is 0.659.